The maximum atomic E-state index is 14.5. The van der Waals surface area contributed by atoms with Crippen LogP contribution in [-0.4, -0.2) is 61.9 Å². The third kappa shape index (κ3) is 6.65. The summed E-state index contributed by atoms with van der Waals surface area (Å²) in [5.41, 5.74) is 5.78. The predicted molar refractivity (Wildman–Crippen MR) is 140 cm³/mol. The first kappa shape index (κ1) is 27.5. The van der Waals surface area contributed by atoms with E-state index in [9.17, 15) is 13.2 Å². The summed E-state index contributed by atoms with van der Waals surface area (Å²) in [7, 11) is 1.55. The molecule has 2 aliphatic rings. The normalized spacial score (nSPS) is 20.3. The van der Waals surface area contributed by atoms with E-state index in [0.29, 0.717) is 37.9 Å². The van der Waals surface area contributed by atoms with Crippen molar-refractivity contribution in [2.75, 3.05) is 40.0 Å². The van der Waals surface area contributed by atoms with Crippen LogP contribution in [0.2, 0.25) is 0 Å². The Balaban J connectivity index is 1.70. The van der Waals surface area contributed by atoms with E-state index in [1.54, 1.807) is 13.2 Å². The highest BCUT2D eigenvalue weighted by Crippen LogP contribution is 2.49. The van der Waals surface area contributed by atoms with Crippen molar-refractivity contribution >= 4 is 5.57 Å². The second-order valence-electron chi connectivity index (χ2n) is 10.1. The molecule has 0 saturated heterocycles. The van der Waals surface area contributed by atoms with Gasteiger partial charge in [-0.2, -0.15) is 4.98 Å². The predicted octanol–water partition coefficient (Wildman–Crippen LogP) is 6.00. The summed E-state index contributed by atoms with van der Waals surface area (Å²) in [6.45, 7) is 3.86. The van der Waals surface area contributed by atoms with Gasteiger partial charge in [0.25, 0.3) is 5.92 Å². The van der Waals surface area contributed by atoms with E-state index in [-0.39, 0.29) is 25.3 Å². The molecule has 2 heterocycles. The molecule has 2 atom stereocenters. The molecule has 37 heavy (non-hydrogen) atoms. The average molecular weight is 518 g/mol. The van der Waals surface area contributed by atoms with Gasteiger partial charge in [-0.3, -0.25) is 9.29 Å². The van der Waals surface area contributed by atoms with E-state index in [4.69, 9.17) is 9.47 Å². The van der Waals surface area contributed by atoms with E-state index >= 15 is 0 Å². The van der Waals surface area contributed by atoms with Gasteiger partial charge in [0.15, 0.2) is 0 Å². The average Bonchev–Trinajstić information content (AvgIpc) is 3.05. The van der Waals surface area contributed by atoms with Crippen LogP contribution in [-0.2, 0) is 6.42 Å². The molecule has 5 nitrogen and oxygen atoms in total. The number of alkyl halides is 3. The number of benzene rings is 1. The standard InChI is InChI=1S/C29H38F3N3O2/c1-20-18-25-22-10-5-4-8-21(22)9-6-11-23(25)27(35(20)19-29(2,31)32)24-12-13-26(34-28(24)36-3)37-17-16-33-15-7-14-30/h4-5,8,10,12-13,20,27,33H,6-7,9,11,14-19H2,1-3H3/t20-,27+/m1/s1. The van der Waals surface area contributed by atoms with Gasteiger partial charge in [0.2, 0.25) is 11.8 Å². The summed E-state index contributed by atoms with van der Waals surface area (Å²) in [6, 6.07) is 11.7. The van der Waals surface area contributed by atoms with Gasteiger partial charge < -0.3 is 14.8 Å². The Kier molecular flexibility index (Phi) is 9.13. The van der Waals surface area contributed by atoms with Gasteiger partial charge in [0.1, 0.15) is 6.61 Å². The van der Waals surface area contributed by atoms with Crippen LogP contribution in [0.4, 0.5) is 13.2 Å². The van der Waals surface area contributed by atoms with Crippen molar-refractivity contribution in [1.29, 1.82) is 0 Å². The van der Waals surface area contributed by atoms with Gasteiger partial charge in [-0.15, -0.1) is 0 Å². The zero-order chi connectivity index (χ0) is 26.4. The summed E-state index contributed by atoms with van der Waals surface area (Å²) >= 11 is 0. The van der Waals surface area contributed by atoms with E-state index in [1.807, 2.05) is 17.9 Å². The Bertz CT molecular complexity index is 1090. The number of halogens is 3. The Hall–Kier alpha value is -2.58. The Labute approximate surface area is 218 Å². The molecular weight excluding hydrogens is 479 g/mol. The number of hydrogen-bond acceptors (Lipinski definition) is 5. The number of rotatable bonds is 11. The quantitative estimate of drug-likeness (QED) is 0.371. The molecular formula is C29H38F3N3O2. The van der Waals surface area contributed by atoms with Crippen LogP contribution in [0.5, 0.6) is 11.8 Å². The van der Waals surface area contributed by atoms with Gasteiger partial charge in [0.05, 0.1) is 26.4 Å². The van der Waals surface area contributed by atoms with Crippen LogP contribution in [0.25, 0.3) is 5.57 Å². The molecule has 4 rings (SSSR count). The highest BCUT2D eigenvalue weighted by atomic mass is 19.3. The molecule has 0 fully saturated rings. The van der Waals surface area contributed by atoms with Gasteiger partial charge in [0, 0.05) is 31.1 Å². The first-order chi connectivity index (χ1) is 17.8. The molecule has 1 N–H and O–H groups in total. The lowest BCUT2D eigenvalue weighted by atomic mass is 9.81. The van der Waals surface area contributed by atoms with E-state index in [2.05, 4.69) is 34.6 Å². The minimum Gasteiger partial charge on any atom is -0.481 e. The third-order valence-electron chi connectivity index (χ3n) is 7.18. The minimum absolute atomic E-state index is 0.0863. The number of nitrogens with one attached hydrogen (secondary N) is 1. The number of aryl methyl sites for hydroxylation is 1. The molecule has 8 heteroatoms. The molecule has 202 valence electrons. The third-order valence-corrected chi connectivity index (χ3v) is 7.18. The zero-order valence-electron chi connectivity index (χ0n) is 22.0. The fourth-order valence-electron chi connectivity index (χ4n) is 5.60. The summed E-state index contributed by atoms with van der Waals surface area (Å²) in [4.78, 5) is 6.51. The van der Waals surface area contributed by atoms with Gasteiger partial charge in [-0.1, -0.05) is 24.3 Å². The summed E-state index contributed by atoms with van der Waals surface area (Å²) in [5, 5.41) is 3.12. The molecule has 1 aliphatic carbocycles. The number of pyridine rings is 1. The monoisotopic (exact) mass is 517 g/mol. The van der Waals surface area contributed by atoms with Crippen molar-refractivity contribution in [2.24, 2.45) is 0 Å². The van der Waals surface area contributed by atoms with Gasteiger partial charge in [-0.25, -0.2) is 8.78 Å². The van der Waals surface area contributed by atoms with Crippen LogP contribution in [0.1, 0.15) is 62.3 Å². The van der Waals surface area contributed by atoms with Crippen LogP contribution in [0.15, 0.2) is 42.0 Å². The number of ether oxygens (including phenoxy) is 2. The van der Waals surface area contributed by atoms with E-state index < -0.39 is 5.92 Å². The zero-order valence-corrected chi connectivity index (χ0v) is 22.0. The smallest absolute Gasteiger partial charge is 0.257 e. The molecule has 1 aliphatic heterocycles. The molecule has 0 amide bonds. The Morgan fingerprint density at radius 2 is 1.95 bits per heavy atom. The highest BCUT2D eigenvalue weighted by Gasteiger charge is 2.41. The lowest BCUT2D eigenvalue weighted by Crippen LogP contribution is -2.46. The largest absolute Gasteiger partial charge is 0.481 e. The number of aromatic nitrogens is 1. The summed E-state index contributed by atoms with van der Waals surface area (Å²) in [6.07, 6.45) is 3.96. The molecule has 0 bridgehead atoms. The van der Waals surface area contributed by atoms with Crippen LogP contribution in [0, 0.1) is 0 Å². The number of methoxy groups -OCH3 is 1. The molecule has 2 aromatic rings. The molecule has 0 unspecified atom stereocenters. The summed E-state index contributed by atoms with van der Waals surface area (Å²) < 4.78 is 52.6. The SMILES string of the molecule is COc1nc(OCCNCCCF)ccc1[C@@H]1C2=C(C[C@@H](C)N1CC(C)(F)F)c1ccccc1CCC2. The lowest BCUT2D eigenvalue weighted by Gasteiger charge is -2.44. The van der Waals surface area contributed by atoms with Crippen molar-refractivity contribution in [2.45, 2.75) is 64.0 Å². The second kappa shape index (κ2) is 12.3. The highest BCUT2D eigenvalue weighted by molar-refractivity contribution is 5.75. The molecule has 0 radical (unpaired) electrons. The second-order valence-corrected chi connectivity index (χ2v) is 10.1. The maximum absolute atomic E-state index is 14.5. The van der Waals surface area contributed by atoms with Crippen molar-refractivity contribution in [3.63, 3.8) is 0 Å². The van der Waals surface area contributed by atoms with Crippen LogP contribution >= 0.6 is 0 Å². The maximum Gasteiger partial charge on any atom is 0.257 e. The lowest BCUT2D eigenvalue weighted by molar-refractivity contribution is -0.0360. The fourth-order valence-corrected chi connectivity index (χ4v) is 5.60. The Morgan fingerprint density at radius 1 is 1.14 bits per heavy atom. The van der Waals surface area contributed by atoms with Gasteiger partial charge in [-0.05, 0) is 73.9 Å². The van der Waals surface area contributed by atoms with Crippen LogP contribution in [0.3, 0.4) is 0 Å². The first-order valence-corrected chi connectivity index (χ1v) is 13.2. The van der Waals surface area contributed by atoms with Gasteiger partial charge >= 0.3 is 0 Å². The number of hydrogen-bond donors (Lipinski definition) is 1. The fraction of sp³-hybridized carbons (Fsp3) is 0.552. The number of nitrogens with zero attached hydrogens (tertiary/aromatic N) is 2. The molecule has 1 aromatic carbocycles. The van der Waals surface area contributed by atoms with E-state index in [0.717, 1.165) is 38.2 Å². The van der Waals surface area contributed by atoms with Crippen molar-refractivity contribution < 1.29 is 22.6 Å². The van der Waals surface area contributed by atoms with Crippen molar-refractivity contribution in [1.82, 2.24) is 15.2 Å². The van der Waals surface area contributed by atoms with Crippen molar-refractivity contribution in [3.8, 4) is 11.8 Å². The molecule has 0 spiro atoms. The Morgan fingerprint density at radius 3 is 2.70 bits per heavy atom. The number of fused-ring (bicyclic) bond motifs is 2. The van der Waals surface area contributed by atoms with Crippen molar-refractivity contribution in [3.05, 3.63) is 58.7 Å². The molecule has 1 aromatic heterocycles. The minimum atomic E-state index is -2.84. The summed E-state index contributed by atoms with van der Waals surface area (Å²) in [5.74, 6) is -2.05. The molecule has 0 saturated carbocycles. The first-order valence-electron chi connectivity index (χ1n) is 13.2. The van der Waals surface area contributed by atoms with Crippen LogP contribution < -0.4 is 14.8 Å². The topological polar surface area (TPSA) is 46.6 Å². The van der Waals surface area contributed by atoms with E-state index in [1.165, 1.54) is 22.3 Å².